The Balaban J connectivity index is 1.44. The third kappa shape index (κ3) is 2.32. The Labute approximate surface area is 172 Å². The number of fused-ring (bicyclic) bond motifs is 2. The van der Waals surface area contributed by atoms with E-state index in [1.165, 1.54) is 41.0 Å². The van der Waals surface area contributed by atoms with E-state index >= 15 is 0 Å². The lowest BCUT2D eigenvalue weighted by atomic mass is 9.59. The average Bonchev–Trinajstić information content (AvgIpc) is 3.32. The number of nitrogens with one attached hydrogen (secondary N) is 2. The molecule has 3 atom stereocenters. The molecule has 2 saturated heterocycles. The number of hydrazine groups is 1. The molecule has 0 amide bonds. The fourth-order valence-electron chi connectivity index (χ4n) is 6.09. The summed E-state index contributed by atoms with van der Waals surface area (Å²) < 4.78 is 0. The van der Waals surface area contributed by atoms with E-state index in [0.29, 0.717) is 12.0 Å². The van der Waals surface area contributed by atoms with Crippen LogP contribution in [0.4, 0.5) is 11.4 Å². The summed E-state index contributed by atoms with van der Waals surface area (Å²) in [6, 6.07) is 19.6. The van der Waals surface area contributed by atoms with Gasteiger partial charge in [0.2, 0.25) is 0 Å². The number of nitrogens with zero attached hydrogens (tertiary/aromatic N) is 2. The van der Waals surface area contributed by atoms with Crippen molar-refractivity contribution in [2.45, 2.75) is 31.2 Å². The molecule has 3 fully saturated rings. The van der Waals surface area contributed by atoms with Crippen molar-refractivity contribution in [1.29, 1.82) is 0 Å². The highest BCUT2D eigenvalue weighted by atomic mass is 15.3. The molecule has 29 heavy (non-hydrogen) atoms. The number of hydrogen-bond acceptors (Lipinski definition) is 4. The quantitative estimate of drug-likeness (QED) is 0.604. The average molecular weight is 383 g/mol. The van der Waals surface area contributed by atoms with Gasteiger partial charge in [0.1, 0.15) is 0 Å². The van der Waals surface area contributed by atoms with Gasteiger partial charge in [-0.3, -0.25) is 9.89 Å². The molecule has 2 aromatic carbocycles. The lowest BCUT2D eigenvalue weighted by molar-refractivity contribution is 0.179. The molecule has 1 aliphatic carbocycles. The maximum atomic E-state index is 5.23. The van der Waals surface area contributed by atoms with E-state index in [2.05, 4.69) is 71.3 Å². The predicted octanol–water partition coefficient (Wildman–Crippen LogP) is 4.57. The van der Waals surface area contributed by atoms with E-state index in [0.717, 1.165) is 18.8 Å². The number of anilines is 1. The van der Waals surface area contributed by atoms with E-state index in [1.807, 2.05) is 18.2 Å². The summed E-state index contributed by atoms with van der Waals surface area (Å²) in [5.74, 6) is 0.450. The molecular formula is C25H26N4. The second kappa shape index (κ2) is 6.33. The summed E-state index contributed by atoms with van der Waals surface area (Å²) in [4.78, 5) is 7.93. The molecule has 1 spiro atoms. The van der Waals surface area contributed by atoms with Crippen LogP contribution in [0, 0.1) is 5.92 Å². The van der Waals surface area contributed by atoms with E-state index in [4.69, 9.17) is 4.99 Å². The molecule has 3 aliphatic heterocycles. The maximum absolute atomic E-state index is 5.23. The molecule has 3 unspecified atom stereocenters. The number of aliphatic imine (C=N–C) groups is 1. The predicted molar refractivity (Wildman–Crippen MR) is 118 cm³/mol. The Hall–Kier alpha value is -2.85. The Bertz CT molecular complexity index is 1050. The van der Waals surface area contributed by atoms with Crippen LogP contribution in [0.5, 0.6) is 0 Å². The van der Waals surface area contributed by atoms with Crippen LogP contribution in [0.15, 0.2) is 83.0 Å². The fraction of sp³-hybridized carbons (Fsp3) is 0.320. The summed E-state index contributed by atoms with van der Waals surface area (Å²) in [5.41, 5.74) is 14.6. The second-order valence-electron chi connectivity index (χ2n) is 8.57. The Kier molecular flexibility index (Phi) is 3.72. The minimum absolute atomic E-state index is 0.0621. The van der Waals surface area contributed by atoms with Crippen molar-refractivity contribution in [3.63, 3.8) is 0 Å². The molecule has 0 aromatic heterocycles. The number of benzene rings is 2. The van der Waals surface area contributed by atoms with Crippen LogP contribution in [0.2, 0.25) is 0 Å². The summed E-state index contributed by atoms with van der Waals surface area (Å²) in [6.45, 7) is 4.43. The van der Waals surface area contributed by atoms with Gasteiger partial charge < -0.3 is 10.9 Å². The van der Waals surface area contributed by atoms with Crippen molar-refractivity contribution in [2.75, 3.05) is 18.5 Å². The number of piperidine rings is 1. The summed E-state index contributed by atoms with van der Waals surface area (Å²) >= 11 is 0. The van der Waals surface area contributed by atoms with Crippen molar-refractivity contribution in [2.24, 2.45) is 10.9 Å². The van der Waals surface area contributed by atoms with Crippen molar-refractivity contribution >= 4 is 17.1 Å². The standard InChI is InChI=1S/C25H26N4/c1-2-17-16-29-13-12-25-21-10-6-7-11-22(21)27-24(25)20(19(17)14-23(25)29)15-26-28-18-8-4-3-5-9-18/h2-11,15,19,23,26,28H,12-14,16H2,1H3/b17-2-,20-15-. The Morgan fingerprint density at radius 3 is 2.79 bits per heavy atom. The smallest absolute Gasteiger partial charge is 0.0675 e. The molecule has 2 aromatic rings. The van der Waals surface area contributed by atoms with E-state index in [1.54, 1.807) is 0 Å². The number of rotatable bonds is 3. The van der Waals surface area contributed by atoms with Crippen molar-refractivity contribution in [1.82, 2.24) is 10.3 Å². The van der Waals surface area contributed by atoms with Gasteiger partial charge >= 0.3 is 0 Å². The van der Waals surface area contributed by atoms with Gasteiger partial charge in [0.15, 0.2) is 0 Å². The molecule has 4 nitrogen and oxygen atoms in total. The fourth-order valence-corrected chi connectivity index (χ4v) is 6.09. The van der Waals surface area contributed by atoms with Crippen LogP contribution in [0.3, 0.4) is 0 Å². The van der Waals surface area contributed by atoms with Gasteiger partial charge in [-0.1, -0.05) is 48.0 Å². The molecule has 1 saturated carbocycles. The van der Waals surface area contributed by atoms with Crippen LogP contribution in [-0.4, -0.2) is 29.7 Å². The molecule has 4 aliphatic rings. The molecule has 2 N–H and O–H groups in total. The summed E-state index contributed by atoms with van der Waals surface area (Å²) in [6.07, 6.45) is 6.86. The van der Waals surface area contributed by atoms with Crippen LogP contribution >= 0.6 is 0 Å². The molecule has 4 heteroatoms. The van der Waals surface area contributed by atoms with Crippen molar-refractivity contribution in [3.05, 3.63) is 83.6 Å². The van der Waals surface area contributed by atoms with Gasteiger partial charge in [-0.25, -0.2) is 0 Å². The van der Waals surface area contributed by atoms with Crippen LogP contribution in [-0.2, 0) is 5.41 Å². The SMILES string of the molecule is C/C=C1/CN2CCC34C(=Nc5ccccc53)/C(=C\NNc3ccccc3)C1CC24. The Morgan fingerprint density at radius 1 is 1.10 bits per heavy atom. The van der Waals surface area contributed by atoms with Crippen LogP contribution in [0.25, 0.3) is 0 Å². The van der Waals surface area contributed by atoms with Gasteiger partial charge in [-0.2, -0.15) is 0 Å². The first-order chi connectivity index (χ1) is 14.3. The summed E-state index contributed by atoms with van der Waals surface area (Å²) in [5, 5.41) is 0. The van der Waals surface area contributed by atoms with E-state index in [-0.39, 0.29) is 5.41 Å². The van der Waals surface area contributed by atoms with Gasteiger partial charge in [0.25, 0.3) is 0 Å². The van der Waals surface area contributed by atoms with Crippen LogP contribution in [0.1, 0.15) is 25.3 Å². The molecule has 3 heterocycles. The lowest BCUT2D eigenvalue weighted by Crippen LogP contribution is -2.56. The first kappa shape index (κ1) is 17.0. The maximum Gasteiger partial charge on any atom is 0.0675 e. The first-order valence-electron chi connectivity index (χ1n) is 10.7. The molecule has 2 bridgehead atoms. The molecule has 0 radical (unpaired) electrons. The molecule has 6 rings (SSSR count). The topological polar surface area (TPSA) is 39.7 Å². The van der Waals surface area contributed by atoms with Gasteiger partial charge in [-0.05, 0) is 49.1 Å². The zero-order valence-corrected chi connectivity index (χ0v) is 16.7. The zero-order valence-electron chi connectivity index (χ0n) is 16.7. The van der Waals surface area contributed by atoms with Gasteiger partial charge in [0.05, 0.1) is 22.5 Å². The van der Waals surface area contributed by atoms with Crippen molar-refractivity contribution < 1.29 is 0 Å². The summed E-state index contributed by atoms with van der Waals surface area (Å²) in [7, 11) is 0. The minimum Gasteiger partial charge on any atom is -0.308 e. The highest BCUT2D eigenvalue weighted by Crippen LogP contribution is 2.59. The number of allylic oxidation sites excluding steroid dienone is 2. The minimum atomic E-state index is 0.0621. The van der Waals surface area contributed by atoms with E-state index in [9.17, 15) is 0 Å². The molecule has 146 valence electrons. The number of para-hydroxylation sites is 2. The largest absolute Gasteiger partial charge is 0.308 e. The van der Waals surface area contributed by atoms with Gasteiger partial charge in [0, 0.05) is 31.2 Å². The van der Waals surface area contributed by atoms with Crippen LogP contribution < -0.4 is 10.9 Å². The highest BCUT2D eigenvalue weighted by Gasteiger charge is 2.61. The lowest BCUT2D eigenvalue weighted by Gasteiger charge is -2.49. The number of hydrogen-bond donors (Lipinski definition) is 2. The normalized spacial score (nSPS) is 32.1. The second-order valence-corrected chi connectivity index (χ2v) is 8.57. The Morgan fingerprint density at radius 2 is 1.93 bits per heavy atom. The van der Waals surface area contributed by atoms with Gasteiger partial charge in [-0.15, -0.1) is 0 Å². The first-order valence-corrected chi connectivity index (χ1v) is 10.7. The third-order valence-corrected chi connectivity index (χ3v) is 7.37. The highest BCUT2D eigenvalue weighted by molar-refractivity contribution is 6.15. The zero-order chi connectivity index (χ0) is 19.4. The molecular weight excluding hydrogens is 356 g/mol. The monoisotopic (exact) mass is 382 g/mol. The third-order valence-electron chi connectivity index (χ3n) is 7.37. The van der Waals surface area contributed by atoms with E-state index < -0.39 is 0 Å². The van der Waals surface area contributed by atoms with Crippen molar-refractivity contribution in [3.8, 4) is 0 Å².